The average molecular weight is 270 g/mol. The monoisotopic (exact) mass is 270 g/mol. The highest BCUT2D eigenvalue weighted by atomic mass is 32.2. The molecule has 0 aromatic rings. The molecule has 2 fully saturated rings. The Morgan fingerprint density at radius 3 is 2.72 bits per heavy atom. The van der Waals surface area contributed by atoms with E-state index in [-0.39, 0.29) is 0 Å². The van der Waals surface area contributed by atoms with Crippen LogP contribution in [0.5, 0.6) is 0 Å². The van der Waals surface area contributed by atoms with E-state index in [2.05, 4.69) is 30.3 Å². The number of nitrogens with zero attached hydrogens (tertiary/aromatic N) is 1. The highest BCUT2D eigenvalue weighted by Gasteiger charge is 2.36. The van der Waals surface area contributed by atoms with Gasteiger partial charge < -0.3 is 5.32 Å². The van der Waals surface area contributed by atoms with Gasteiger partial charge in [0.05, 0.1) is 0 Å². The van der Waals surface area contributed by atoms with Crippen LogP contribution in [0.2, 0.25) is 0 Å². The molecule has 1 heterocycles. The molecule has 1 saturated heterocycles. The smallest absolute Gasteiger partial charge is 0.0224 e. The van der Waals surface area contributed by atoms with E-state index in [9.17, 15) is 0 Å². The van der Waals surface area contributed by atoms with E-state index in [0.717, 1.165) is 23.9 Å². The quantitative estimate of drug-likeness (QED) is 0.716. The third kappa shape index (κ3) is 4.43. The Hall–Kier alpha value is 0.270. The minimum Gasteiger partial charge on any atom is -0.311 e. The molecule has 1 aliphatic carbocycles. The van der Waals surface area contributed by atoms with E-state index in [4.69, 9.17) is 0 Å². The average Bonchev–Trinajstić information content (AvgIpc) is 3.15. The highest BCUT2D eigenvalue weighted by Crippen LogP contribution is 2.34. The van der Waals surface area contributed by atoms with Crippen LogP contribution in [0, 0.1) is 11.8 Å². The Morgan fingerprint density at radius 1 is 1.33 bits per heavy atom. The molecule has 1 N–H and O–H groups in total. The number of hydrogen-bond donors (Lipinski definition) is 1. The Morgan fingerprint density at radius 2 is 2.11 bits per heavy atom. The zero-order valence-corrected chi connectivity index (χ0v) is 13.1. The van der Waals surface area contributed by atoms with Crippen molar-refractivity contribution in [3.63, 3.8) is 0 Å². The zero-order chi connectivity index (χ0) is 13.0. The second-order valence-corrected chi connectivity index (χ2v) is 7.46. The van der Waals surface area contributed by atoms with Crippen molar-refractivity contribution in [3.8, 4) is 0 Å². The molecule has 0 bridgehead atoms. The first-order chi connectivity index (χ1) is 8.70. The van der Waals surface area contributed by atoms with Gasteiger partial charge in [0.2, 0.25) is 0 Å². The van der Waals surface area contributed by atoms with Crippen LogP contribution in [0.3, 0.4) is 0 Å². The van der Waals surface area contributed by atoms with Gasteiger partial charge in [0.25, 0.3) is 0 Å². The second kappa shape index (κ2) is 7.16. The molecule has 2 nitrogen and oxygen atoms in total. The lowest BCUT2D eigenvalue weighted by Gasteiger charge is -2.41. The number of piperazine rings is 1. The van der Waals surface area contributed by atoms with Crippen molar-refractivity contribution in [1.82, 2.24) is 10.2 Å². The van der Waals surface area contributed by atoms with Gasteiger partial charge in [-0.2, -0.15) is 11.8 Å². The molecule has 0 aromatic heterocycles. The van der Waals surface area contributed by atoms with Gasteiger partial charge in [-0.3, -0.25) is 4.90 Å². The second-order valence-electron chi connectivity index (χ2n) is 6.48. The molecule has 0 spiro atoms. The molecule has 106 valence electrons. The minimum absolute atomic E-state index is 0.779. The number of hydrogen-bond acceptors (Lipinski definition) is 3. The van der Waals surface area contributed by atoms with Crippen LogP contribution in [0.25, 0.3) is 0 Å². The standard InChI is InChI=1S/C15H30N2S/c1-12(2)9-14-10-16-15(13-5-6-13)11-17(14)7-4-8-18-3/h12-16H,4-11H2,1-3H3. The molecular formula is C15H30N2S. The van der Waals surface area contributed by atoms with E-state index >= 15 is 0 Å². The fraction of sp³-hybridized carbons (Fsp3) is 1.00. The zero-order valence-electron chi connectivity index (χ0n) is 12.3. The number of rotatable bonds is 7. The summed E-state index contributed by atoms with van der Waals surface area (Å²) in [7, 11) is 0. The molecule has 0 radical (unpaired) electrons. The summed E-state index contributed by atoms with van der Waals surface area (Å²) in [6.07, 6.45) is 7.85. The first-order valence-electron chi connectivity index (χ1n) is 7.67. The van der Waals surface area contributed by atoms with Crippen LogP contribution in [-0.2, 0) is 0 Å². The Balaban J connectivity index is 1.83. The van der Waals surface area contributed by atoms with Gasteiger partial charge in [0, 0.05) is 25.2 Å². The summed E-state index contributed by atoms with van der Waals surface area (Å²) in [5, 5.41) is 3.81. The van der Waals surface area contributed by atoms with Crippen molar-refractivity contribution in [1.29, 1.82) is 0 Å². The molecule has 2 rings (SSSR count). The minimum atomic E-state index is 0.779. The maximum Gasteiger partial charge on any atom is 0.0224 e. The molecule has 18 heavy (non-hydrogen) atoms. The van der Waals surface area contributed by atoms with Crippen molar-refractivity contribution in [2.24, 2.45) is 11.8 Å². The topological polar surface area (TPSA) is 15.3 Å². The van der Waals surface area contributed by atoms with Gasteiger partial charge in [-0.1, -0.05) is 13.8 Å². The summed E-state index contributed by atoms with van der Waals surface area (Å²) in [5.74, 6) is 3.12. The van der Waals surface area contributed by atoms with Gasteiger partial charge in [-0.25, -0.2) is 0 Å². The predicted molar refractivity (Wildman–Crippen MR) is 82.3 cm³/mol. The first kappa shape index (κ1) is 14.7. The summed E-state index contributed by atoms with van der Waals surface area (Å²) in [6, 6.07) is 1.57. The van der Waals surface area contributed by atoms with Crippen molar-refractivity contribution < 1.29 is 0 Å². The Kier molecular flexibility index (Phi) is 5.84. The van der Waals surface area contributed by atoms with Gasteiger partial charge in [0.1, 0.15) is 0 Å². The SMILES string of the molecule is CSCCCN1CC(C2CC2)NCC1CC(C)C. The molecule has 1 saturated carbocycles. The fourth-order valence-corrected chi connectivity index (χ4v) is 3.58. The van der Waals surface area contributed by atoms with Crippen LogP contribution < -0.4 is 5.32 Å². The van der Waals surface area contributed by atoms with E-state index < -0.39 is 0 Å². The maximum absolute atomic E-state index is 3.81. The largest absolute Gasteiger partial charge is 0.311 e. The lowest BCUT2D eigenvalue weighted by atomic mass is 9.97. The summed E-state index contributed by atoms with van der Waals surface area (Å²) in [5.41, 5.74) is 0. The van der Waals surface area contributed by atoms with Gasteiger partial charge in [-0.05, 0) is 56.1 Å². The van der Waals surface area contributed by atoms with Crippen molar-refractivity contribution in [3.05, 3.63) is 0 Å². The summed E-state index contributed by atoms with van der Waals surface area (Å²) < 4.78 is 0. The highest BCUT2D eigenvalue weighted by molar-refractivity contribution is 7.98. The lowest BCUT2D eigenvalue weighted by Crippen LogP contribution is -2.57. The van der Waals surface area contributed by atoms with Crippen LogP contribution in [0.1, 0.15) is 39.5 Å². The summed E-state index contributed by atoms with van der Waals surface area (Å²) >= 11 is 1.98. The maximum atomic E-state index is 3.81. The summed E-state index contributed by atoms with van der Waals surface area (Å²) in [6.45, 7) is 8.54. The third-order valence-corrected chi connectivity index (χ3v) is 4.99. The fourth-order valence-electron chi connectivity index (χ4n) is 3.16. The van der Waals surface area contributed by atoms with E-state index in [1.165, 1.54) is 51.1 Å². The molecular weight excluding hydrogens is 240 g/mol. The Bertz CT molecular complexity index is 241. The van der Waals surface area contributed by atoms with Crippen LogP contribution >= 0.6 is 11.8 Å². The molecule has 2 atom stereocenters. The molecule has 2 unspecified atom stereocenters. The molecule has 1 aliphatic heterocycles. The van der Waals surface area contributed by atoms with Crippen LogP contribution in [-0.4, -0.2) is 48.6 Å². The van der Waals surface area contributed by atoms with E-state index in [0.29, 0.717) is 0 Å². The van der Waals surface area contributed by atoms with Gasteiger partial charge >= 0.3 is 0 Å². The summed E-state index contributed by atoms with van der Waals surface area (Å²) in [4.78, 5) is 2.79. The van der Waals surface area contributed by atoms with Gasteiger partial charge in [0.15, 0.2) is 0 Å². The van der Waals surface area contributed by atoms with Crippen molar-refractivity contribution >= 4 is 11.8 Å². The van der Waals surface area contributed by atoms with Crippen molar-refractivity contribution in [2.45, 2.75) is 51.6 Å². The van der Waals surface area contributed by atoms with Crippen LogP contribution in [0.4, 0.5) is 0 Å². The number of thioether (sulfide) groups is 1. The van der Waals surface area contributed by atoms with Gasteiger partial charge in [-0.15, -0.1) is 0 Å². The molecule has 3 heteroatoms. The third-order valence-electron chi connectivity index (χ3n) is 4.29. The lowest BCUT2D eigenvalue weighted by molar-refractivity contribution is 0.108. The molecule has 0 amide bonds. The number of nitrogens with one attached hydrogen (secondary N) is 1. The molecule has 2 aliphatic rings. The normalized spacial score (nSPS) is 30.0. The molecule has 0 aromatic carbocycles. The first-order valence-corrected chi connectivity index (χ1v) is 9.06. The predicted octanol–water partition coefficient (Wildman–Crippen LogP) is 2.84. The van der Waals surface area contributed by atoms with Crippen molar-refractivity contribution in [2.75, 3.05) is 31.6 Å². The van der Waals surface area contributed by atoms with E-state index in [1.807, 2.05) is 11.8 Å². The van der Waals surface area contributed by atoms with Crippen LogP contribution in [0.15, 0.2) is 0 Å². The Labute approximate surface area is 117 Å². The van der Waals surface area contributed by atoms with E-state index in [1.54, 1.807) is 0 Å².